The van der Waals surface area contributed by atoms with Crippen LogP contribution in [0.5, 0.6) is 0 Å². The molecule has 5 rings (SSSR count). The lowest BCUT2D eigenvalue weighted by Gasteiger charge is -2.25. The van der Waals surface area contributed by atoms with Gasteiger partial charge in [0.1, 0.15) is 12.1 Å². The number of benzene rings is 1. The maximum atomic E-state index is 13.1. The monoisotopic (exact) mass is 577 g/mol. The predicted octanol–water partition coefficient (Wildman–Crippen LogP) is 4.73. The van der Waals surface area contributed by atoms with E-state index >= 15 is 0 Å². The molecule has 4 aromatic heterocycles. The zero-order valence-corrected chi connectivity index (χ0v) is 24.3. The number of rotatable bonds is 10. The lowest BCUT2D eigenvalue weighted by atomic mass is 10.0. The highest BCUT2D eigenvalue weighted by Crippen LogP contribution is 2.30. The number of aryl methyl sites for hydroxylation is 1. The Morgan fingerprint density at radius 3 is 2.47 bits per heavy atom. The standard InChI is InChI=1S/C31H31N9O3/c1-5-15-39(31(43)28-33-18-34-38-28)19(2)11-13-26-27(20(3)41)30(36-21(4)42)40-29(37-26)24(17-35-40)23-12-14-25(32-16-23)22-9-7-6-8-10-22/h5-10,12,14-19H,11,13H2,1-4H3,(H,36,42)(H,33,34,38)/b15-5-/t19-/m1/s1. The van der Waals surface area contributed by atoms with Gasteiger partial charge < -0.3 is 10.2 Å². The number of carbonyl (C=O) groups excluding carboxylic acids is 3. The minimum absolute atomic E-state index is 0.123. The number of H-pyrrole nitrogens is 1. The Kier molecular flexibility index (Phi) is 8.46. The molecule has 0 radical (unpaired) electrons. The summed E-state index contributed by atoms with van der Waals surface area (Å²) in [6, 6.07) is 13.4. The Morgan fingerprint density at radius 2 is 1.84 bits per heavy atom. The zero-order valence-electron chi connectivity index (χ0n) is 24.3. The summed E-state index contributed by atoms with van der Waals surface area (Å²) in [6.07, 6.45) is 8.93. The molecule has 1 aromatic carbocycles. The van der Waals surface area contributed by atoms with Crippen molar-refractivity contribution in [3.05, 3.63) is 90.5 Å². The van der Waals surface area contributed by atoms with Crippen molar-refractivity contribution < 1.29 is 14.4 Å². The highest BCUT2D eigenvalue weighted by atomic mass is 16.2. The van der Waals surface area contributed by atoms with E-state index in [9.17, 15) is 14.4 Å². The Hall–Kier alpha value is -5.52. The number of fused-ring (bicyclic) bond motifs is 1. The number of anilines is 1. The van der Waals surface area contributed by atoms with Gasteiger partial charge in [-0.25, -0.2) is 9.97 Å². The van der Waals surface area contributed by atoms with Crippen molar-refractivity contribution in [2.75, 3.05) is 5.32 Å². The van der Waals surface area contributed by atoms with E-state index in [1.54, 1.807) is 29.6 Å². The summed E-state index contributed by atoms with van der Waals surface area (Å²) in [5, 5.41) is 13.7. The Balaban J connectivity index is 1.53. The molecule has 2 amide bonds. The number of hydrogen-bond acceptors (Lipinski definition) is 8. The van der Waals surface area contributed by atoms with Gasteiger partial charge in [-0.3, -0.25) is 24.5 Å². The van der Waals surface area contributed by atoms with Gasteiger partial charge in [0.25, 0.3) is 5.91 Å². The van der Waals surface area contributed by atoms with Crippen LogP contribution in [0, 0.1) is 0 Å². The number of allylic oxidation sites excluding steroid dienone is 1. The number of nitrogens with one attached hydrogen (secondary N) is 2. The third kappa shape index (κ3) is 6.08. The van der Waals surface area contributed by atoms with E-state index in [0.29, 0.717) is 29.7 Å². The van der Waals surface area contributed by atoms with Crippen molar-refractivity contribution in [1.29, 1.82) is 0 Å². The summed E-state index contributed by atoms with van der Waals surface area (Å²) in [4.78, 5) is 53.4. The van der Waals surface area contributed by atoms with Crippen molar-refractivity contribution in [3.63, 3.8) is 0 Å². The van der Waals surface area contributed by atoms with E-state index in [0.717, 1.165) is 16.8 Å². The number of amides is 2. The highest BCUT2D eigenvalue weighted by Gasteiger charge is 2.26. The van der Waals surface area contributed by atoms with Gasteiger partial charge >= 0.3 is 0 Å². The molecule has 12 heteroatoms. The highest BCUT2D eigenvalue weighted by molar-refractivity contribution is 6.04. The zero-order chi connectivity index (χ0) is 30.5. The minimum atomic E-state index is -0.350. The average Bonchev–Trinajstić information content (AvgIpc) is 3.69. The first kappa shape index (κ1) is 29.0. The van der Waals surface area contributed by atoms with E-state index in [4.69, 9.17) is 4.98 Å². The average molecular weight is 578 g/mol. The molecule has 0 spiro atoms. The summed E-state index contributed by atoms with van der Waals surface area (Å²) in [5.74, 6) is -0.581. The number of pyridine rings is 1. The molecule has 4 heterocycles. The van der Waals surface area contributed by atoms with Crippen molar-refractivity contribution in [2.45, 2.75) is 46.6 Å². The molecule has 5 aromatic rings. The van der Waals surface area contributed by atoms with E-state index in [1.165, 1.54) is 24.7 Å². The molecule has 12 nitrogen and oxygen atoms in total. The fourth-order valence-electron chi connectivity index (χ4n) is 4.90. The number of ketones is 1. The van der Waals surface area contributed by atoms with E-state index in [1.807, 2.05) is 56.3 Å². The van der Waals surface area contributed by atoms with Crippen LogP contribution in [-0.2, 0) is 11.2 Å². The molecule has 2 N–H and O–H groups in total. The van der Waals surface area contributed by atoms with Gasteiger partial charge in [0.2, 0.25) is 11.7 Å². The fraction of sp³-hybridized carbons (Fsp3) is 0.226. The number of Topliss-reactive ketones (excluding diaryl/α,β-unsaturated/α-hetero) is 1. The van der Waals surface area contributed by atoms with Crippen molar-refractivity contribution in [2.24, 2.45) is 0 Å². The quantitative estimate of drug-likeness (QED) is 0.226. The smallest absolute Gasteiger partial charge is 0.295 e. The van der Waals surface area contributed by atoms with Gasteiger partial charge in [-0.15, -0.1) is 0 Å². The summed E-state index contributed by atoms with van der Waals surface area (Å²) in [5.41, 5.74) is 4.51. The third-order valence-electron chi connectivity index (χ3n) is 6.95. The van der Waals surface area contributed by atoms with Crippen LogP contribution in [0.4, 0.5) is 5.82 Å². The first-order valence-electron chi connectivity index (χ1n) is 13.8. The summed E-state index contributed by atoms with van der Waals surface area (Å²) < 4.78 is 1.48. The van der Waals surface area contributed by atoms with E-state index in [-0.39, 0.29) is 40.8 Å². The van der Waals surface area contributed by atoms with Crippen LogP contribution in [-0.4, -0.2) is 63.3 Å². The number of hydrogen-bond donors (Lipinski definition) is 2. The largest absolute Gasteiger partial charge is 0.310 e. The fourth-order valence-corrected chi connectivity index (χ4v) is 4.90. The predicted molar refractivity (Wildman–Crippen MR) is 161 cm³/mol. The Labute approximate surface area is 247 Å². The molecule has 0 fully saturated rings. The molecule has 218 valence electrons. The van der Waals surface area contributed by atoms with Crippen LogP contribution in [0.3, 0.4) is 0 Å². The van der Waals surface area contributed by atoms with Crippen molar-refractivity contribution in [3.8, 4) is 22.4 Å². The van der Waals surface area contributed by atoms with Gasteiger partial charge in [-0.2, -0.15) is 14.7 Å². The van der Waals surface area contributed by atoms with Crippen LogP contribution in [0.25, 0.3) is 28.0 Å². The molecule has 0 saturated carbocycles. The second-order valence-corrected chi connectivity index (χ2v) is 10.0. The molecule has 0 aliphatic carbocycles. The number of carbonyl (C=O) groups is 3. The lowest BCUT2D eigenvalue weighted by Crippen LogP contribution is -2.35. The van der Waals surface area contributed by atoms with Crippen LogP contribution in [0.15, 0.2) is 73.5 Å². The molecule has 0 unspecified atom stereocenters. The topological polar surface area (TPSA) is 151 Å². The van der Waals surface area contributed by atoms with E-state index in [2.05, 4.69) is 30.6 Å². The summed E-state index contributed by atoms with van der Waals surface area (Å²) in [7, 11) is 0. The van der Waals surface area contributed by atoms with E-state index < -0.39 is 0 Å². The first-order valence-corrected chi connectivity index (χ1v) is 13.8. The first-order chi connectivity index (χ1) is 20.8. The molecule has 0 saturated heterocycles. The number of aromatic nitrogens is 7. The minimum Gasteiger partial charge on any atom is -0.310 e. The van der Waals surface area contributed by atoms with Gasteiger partial charge in [0.05, 0.1) is 23.1 Å². The maximum Gasteiger partial charge on any atom is 0.295 e. The van der Waals surface area contributed by atoms with Crippen LogP contribution < -0.4 is 5.32 Å². The molecule has 0 aliphatic heterocycles. The second-order valence-electron chi connectivity index (χ2n) is 10.0. The Bertz CT molecular complexity index is 1790. The lowest BCUT2D eigenvalue weighted by molar-refractivity contribution is -0.114. The second kappa shape index (κ2) is 12.6. The molecule has 0 bridgehead atoms. The molecular formula is C31H31N9O3. The molecular weight excluding hydrogens is 546 g/mol. The summed E-state index contributed by atoms with van der Waals surface area (Å²) >= 11 is 0. The van der Waals surface area contributed by atoms with Gasteiger partial charge in [0, 0.05) is 42.1 Å². The SMILES string of the molecule is C/C=C\N(C(=O)c1ncn[nH]1)[C@H](C)CCc1nc2c(-c3ccc(-c4ccccc4)nc3)cnn2c(NC(C)=O)c1C(C)=O. The molecule has 0 aliphatic rings. The van der Waals surface area contributed by atoms with Gasteiger partial charge in [0.15, 0.2) is 11.4 Å². The van der Waals surface area contributed by atoms with Crippen molar-refractivity contribution in [1.82, 2.24) is 39.7 Å². The Morgan fingerprint density at radius 1 is 1.05 bits per heavy atom. The third-order valence-corrected chi connectivity index (χ3v) is 6.95. The number of aromatic amines is 1. The van der Waals surface area contributed by atoms with Gasteiger partial charge in [-0.1, -0.05) is 42.5 Å². The normalized spacial score (nSPS) is 12.0. The maximum absolute atomic E-state index is 13.1. The van der Waals surface area contributed by atoms with Crippen LogP contribution in [0.2, 0.25) is 0 Å². The molecule has 1 atom stereocenters. The molecule has 43 heavy (non-hydrogen) atoms. The van der Waals surface area contributed by atoms with Crippen LogP contribution in [0.1, 0.15) is 60.8 Å². The number of nitrogens with zero attached hydrogens (tertiary/aromatic N) is 7. The van der Waals surface area contributed by atoms with Gasteiger partial charge in [-0.05, 0) is 39.7 Å². The van der Waals surface area contributed by atoms with Crippen molar-refractivity contribution >= 4 is 29.1 Å². The summed E-state index contributed by atoms with van der Waals surface area (Å²) in [6.45, 7) is 6.52. The van der Waals surface area contributed by atoms with Crippen LogP contribution >= 0.6 is 0 Å².